The normalized spacial score (nSPS) is 16.9. The highest BCUT2D eigenvalue weighted by molar-refractivity contribution is 9.10. The van der Waals surface area contributed by atoms with E-state index >= 15 is 0 Å². The number of ether oxygens (including phenoxy) is 1. The minimum Gasteiger partial charge on any atom is -0.449 e. The van der Waals surface area contributed by atoms with E-state index in [1.807, 2.05) is 45.0 Å². The third-order valence-electron chi connectivity index (χ3n) is 4.35. The summed E-state index contributed by atoms with van der Waals surface area (Å²) in [6.07, 6.45) is 0.567. The maximum Gasteiger partial charge on any atom is 0.409 e. The number of benzene rings is 1. The van der Waals surface area contributed by atoms with Crippen LogP contribution in [0.15, 0.2) is 28.7 Å². The summed E-state index contributed by atoms with van der Waals surface area (Å²) >= 11 is 3.41. The lowest BCUT2D eigenvalue weighted by Gasteiger charge is -2.27. The van der Waals surface area contributed by atoms with Crippen LogP contribution in [-0.2, 0) is 9.53 Å². The minimum atomic E-state index is -0.263. The van der Waals surface area contributed by atoms with Crippen LogP contribution in [0, 0.1) is 5.92 Å². The molecule has 1 aromatic rings. The van der Waals surface area contributed by atoms with Gasteiger partial charge in [0.1, 0.15) is 0 Å². The van der Waals surface area contributed by atoms with Gasteiger partial charge in [0.05, 0.1) is 12.6 Å². The number of hydrogen-bond donors (Lipinski definition) is 1. The van der Waals surface area contributed by atoms with E-state index in [-0.39, 0.29) is 18.0 Å². The number of carbonyl (C=O) groups is 2. The van der Waals surface area contributed by atoms with Crippen LogP contribution in [0.3, 0.4) is 0 Å². The van der Waals surface area contributed by atoms with Crippen molar-refractivity contribution in [2.75, 3.05) is 38.1 Å². The second-order valence-electron chi connectivity index (χ2n) is 7.02. The molecule has 6 nitrogen and oxygen atoms in total. The molecule has 26 heavy (non-hydrogen) atoms. The number of amides is 2. The van der Waals surface area contributed by atoms with E-state index in [1.54, 1.807) is 4.90 Å². The highest BCUT2D eigenvalue weighted by atomic mass is 79.9. The van der Waals surface area contributed by atoms with Gasteiger partial charge in [-0.05, 0) is 37.5 Å². The third-order valence-corrected chi connectivity index (χ3v) is 4.84. The zero-order valence-corrected chi connectivity index (χ0v) is 17.3. The van der Waals surface area contributed by atoms with Crippen molar-refractivity contribution in [3.63, 3.8) is 0 Å². The van der Waals surface area contributed by atoms with Crippen LogP contribution in [-0.4, -0.2) is 60.6 Å². The Bertz CT molecular complexity index is 624. The van der Waals surface area contributed by atoms with Crippen molar-refractivity contribution >= 4 is 33.6 Å². The van der Waals surface area contributed by atoms with E-state index in [0.29, 0.717) is 32.2 Å². The Morgan fingerprint density at radius 3 is 2.65 bits per heavy atom. The molecule has 1 saturated heterocycles. The van der Waals surface area contributed by atoms with Gasteiger partial charge in [0, 0.05) is 36.3 Å². The van der Waals surface area contributed by atoms with Gasteiger partial charge in [-0.15, -0.1) is 0 Å². The fourth-order valence-corrected chi connectivity index (χ4v) is 3.21. The molecule has 1 aromatic carbocycles. The first kappa shape index (κ1) is 20.7. The van der Waals surface area contributed by atoms with Gasteiger partial charge in [-0.1, -0.05) is 35.8 Å². The number of rotatable bonds is 5. The summed E-state index contributed by atoms with van der Waals surface area (Å²) in [5, 5.41) is 2.95. The first-order valence-electron chi connectivity index (χ1n) is 9.09. The topological polar surface area (TPSA) is 61.9 Å². The van der Waals surface area contributed by atoms with Gasteiger partial charge in [-0.25, -0.2) is 4.79 Å². The van der Waals surface area contributed by atoms with Crippen molar-refractivity contribution in [1.29, 1.82) is 0 Å². The fraction of sp³-hybridized carbons (Fsp3) is 0.579. The Labute approximate surface area is 164 Å². The van der Waals surface area contributed by atoms with Crippen molar-refractivity contribution in [1.82, 2.24) is 9.80 Å². The van der Waals surface area contributed by atoms with E-state index in [2.05, 4.69) is 26.1 Å². The van der Waals surface area contributed by atoms with E-state index in [9.17, 15) is 9.59 Å². The monoisotopic (exact) mass is 425 g/mol. The molecule has 1 unspecified atom stereocenters. The average molecular weight is 426 g/mol. The lowest BCUT2D eigenvalue weighted by Crippen LogP contribution is -2.44. The third kappa shape index (κ3) is 6.29. The maximum absolute atomic E-state index is 12.6. The molecule has 0 bridgehead atoms. The van der Waals surface area contributed by atoms with Gasteiger partial charge < -0.3 is 15.0 Å². The maximum atomic E-state index is 12.6. The molecule has 1 atom stereocenters. The number of carbonyl (C=O) groups excluding carboxylic acids is 2. The van der Waals surface area contributed by atoms with Crippen LogP contribution in [0.5, 0.6) is 0 Å². The molecule has 2 amide bonds. The molecule has 1 aliphatic rings. The lowest BCUT2D eigenvalue weighted by molar-refractivity contribution is -0.120. The zero-order chi connectivity index (χ0) is 19.1. The molecule has 1 fully saturated rings. The minimum absolute atomic E-state index is 0.0427. The number of nitrogens with one attached hydrogen (secondary N) is 1. The Balaban J connectivity index is 1.87. The number of nitrogens with zero attached hydrogens (tertiary/aromatic N) is 2. The van der Waals surface area contributed by atoms with Gasteiger partial charge >= 0.3 is 6.09 Å². The van der Waals surface area contributed by atoms with Gasteiger partial charge in [0.25, 0.3) is 0 Å². The molecule has 0 radical (unpaired) electrons. The molecule has 7 heteroatoms. The molecular weight excluding hydrogens is 398 g/mol. The van der Waals surface area contributed by atoms with Crippen LogP contribution in [0.25, 0.3) is 0 Å². The predicted molar refractivity (Wildman–Crippen MR) is 106 cm³/mol. The van der Waals surface area contributed by atoms with E-state index < -0.39 is 0 Å². The highest BCUT2D eigenvalue weighted by Crippen LogP contribution is 2.17. The predicted octanol–water partition coefficient (Wildman–Crippen LogP) is 3.58. The van der Waals surface area contributed by atoms with Crippen molar-refractivity contribution in [2.45, 2.75) is 33.2 Å². The van der Waals surface area contributed by atoms with E-state index in [0.717, 1.165) is 23.1 Å². The molecule has 0 saturated carbocycles. The highest BCUT2D eigenvalue weighted by Gasteiger charge is 2.26. The standard InChI is InChI=1S/C19H28BrN3O3/c1-14(2)13-26-19(25)23-9-5-8-22(10-11-23)15(3)18(24)21-17-7-4-6-16(20)12-17/h4,6-7,12,14-15H,5,8-11,13H2,1-3H3,(H,21,24). The SMILES string of the molecule is CC(C)COC(=O)N1CCCN(C(C)C(=O)Nc2cccc(Br)c2)CC1. The first-order valence-corrected chi connectivity index (χ1v) is 9.88. The quantitative estimate of drug-likeness (QED) is 0.782. The van der Waals surface area contributed by atoms with Crippen LogP contribution in [0.1, 0.15) is 27.2 Å². The fourth-order valence-electron chi connectivity index (χ4n) is 2.82. The van der Waals surface area contributed by atoms with Crippen molar-refractivity contribution < 1.29 is 14.3 Å². The van der Waals surface area contributed by atoms with Gasteiger partial charge in [0.2, 0.25) is 5.91 Å². The Morgan fingerprint density at radius 2 is 1.96 bits per heavy atom. The summed E-state index contributed by atoms with van der Waals surface area (Å²) in [6, 6.07) is 7.28. The van der Waals surface area contributed by atoms with Crippen LogP contribution in [0.2, 0.25) is 0 Å². The Kier molecular flexibility index (Phi) is 7.90. The Morgan fingerprint density at radius 1 is 1.19 bits per heavy atom. The Hall–Kier alpha value is -1.60. The molecule has 0 aromatic heterocycles. The summed E-state index contributed by atoms with van der Waals surface area (Å²) in [6.45, 7) is 9.04. The molecule has 0 aliphatic carbocycles. The van der Waals surface area contributed by atoms with Gasteiger partial charge in [-0.3, -0.25) is 9.69 Å². The second kappa shape index (κ2) is 9.92. The molecule has 1 N–H and O–H groups in total. The van der Waals surface area contributed by atoms with Crippen molar-refractivity contribution in [2.24, 2.45) is 5.92 Å². The van der Waals surface area contributed by atoms with Crippen LogP contribution < -0.4 is 5.32 Å². The average Bonchev–Trinajstić information content (AvgIpc) is 2.85. The van der Waals surface area contributed by atoms with Crippen molar-refractivity contribution in [3.05, 3.63) is 28.7 Å². The summed E-state index contributed by atoms with van der Waals surface area (Å²) in [5.41, 5.74) is 0.768. The zero-order valence-electron chi connectivity index (χ0n) is 15.7. The smallest absolute Gasteiger partial charge is 0.409 e. The molecule has 1 heterocycles. The summed E-state index contributed by atoms with van der Waals surface area (Å²) in [5.74, 6) is 0.281. The van der Waals surface area contributed by atoms with E-state index in [4.69, 9.17) is 4.74 Å². The lowest BCUT2D eigenvalue weighted by atomic mass is 10.2. The number of hydrogen-bond acceptors (Lipinski definition) is 4. The largest absolute Gasteiger partial charge is 0.449 e. The van der Waals surface area contributed by atoms with Crippen LogP contribution >= 0.6 is 15.9 Å². The summed E-state index contributed by atoms with van der Waals surface area (Å²) in [7, 11) is 0. The van der Waals surface area contributed by atoms with E-state index in [1.165, 1.54) is 0 Å². The van der Waals surface area contributed by atoms with Gasteiger partial charge in [-0.2, -0.15) is 0 Å². The summed E-state index contributed by atoms with van der Waals surface area (Å²) < 4.78 is 6.24. The van der Waals surface area contributed by atoms with Gasteiger partial charge in [0.15, 0.2) is 0 Å². The molecule has 1 aliphatic heterocycles. The van der Waals surface area contributed by atoms with Crippen molar-refractivity contribution in [3.8, 4) is 0 Å². The first-order chi connectivity index (χ1) is 12.4. The van der Waals surface area contributed by atoms with Crippen LogP contribution in [0.4, 0.5) is 10.5 Å². The molecule has 0 spiro atoms. The number of halogens is 1. The molecular formula is C19H28BrN3O3. The number of anilines is 1. The second-order valence-corrected chi connectivity index (χ2v) is 7.94. The summed E-state index contributed by atoms with van der Waals surface area (Å²) in [4.78, 5) is 28.5. The molecule has 144 valence electrons. The molecule has 2 rings (SSSR count).